The Labute approximate surface area is 84.9 Å². The summed E-state index contributed by atoms with van der Waals surface area (Å²) in [6, 6.07) is 7.88. The first-order chi connectivity index (χ1) is 6.77. The van der Waals surface area contributed by atoms with Crippen molar-refractivity contribution in [2.75, 3.05) is 7.11 Å². The van der Waals surface area contributed by atoms with Crippen LogP contribution in [-0.2, 0) is 0 Å². The van der Waals surface area contributed by atoms with Crippen molar-refractivity contribution in [2.45, 2.75) is 13.8 Å². The predicted octanol–water partition coefficient (Wildman–Crippen LogP) is 3.04. The smallest absolute Gasteiger partial charge is 0.119 e. The van der Waals surface area contributed by atoms with Gasteiger partial charge in [0.1, 0.15) is 5.75 Å². The molecule has 0 saturated heterocycles. The maximum absolute atomic E-state index is 5.14. The Hall–Kier alpha value is -1.57. The van der Waals surface area contributed by atoms with Crippen molar-refractivity contribution in [3.8, 4) is 5.75 Å². The third kappa shape index (κ3) is 2.73. The molecule has 2 nitrogen and oxygen atoms in total. The van der Waals surface area contributed by atoms with Crippen LogP contribution in [0.2, 0.25) is 0 Å². The number of rotatable bonds is 3. The van der Waals surface area contributed by atoms with Crippen LogP contribution in [0.15, 0.2) is 41.5 Å². The molecule has 14 heavy (non-hydrogen) atoms. The van der Waals surface area contributed by atoms with Crippen molar-refractivity contribution >= 4 is 5.71 Å². The lowest BCUT2D eigenvalue weighted by atomic mass is 10.1. The number of allylic oxidation sites excluding steroid dienone is 1. The summed E-state index contributed by atoms with van der Waals surface area (Å²) >= 11 is 0. The van der Waals surface area contributed by atoms with Crippen molar-refractivity contribution in [3.05, 3.63) is 42.1 Å². The van der Waals surface area contributed by atoms with Gasteiger partial charge in [-0.05, 0) is 31.5 Å². The second-order valence-electron chi connectivity index (χ2n) is 2.93. The number of benzene rings is 1. The van der Waals surface area contributed by atoms with Crippen LogP contribution in [0.5, 0.6) is 5.75 Å². The molecule has 2 heteroatoms. The van der Waals surface area contributed by atoms with Crippen LogP contribution in [0.1, 0.15) is 19.4 Å². The van der Waals surface area contributed by atoms with Gasteiger partial charge in [-0.1, -0.05) is 18.2 Å². The molecule has 0 saturated carbocycles. The normalized spacial score (nSPS) is 12.1. The Kier molecular flexibility index (Phi) is 3.92. The fraction of sp³-hybridized carbons (Fsp3) is 0.250. The number of methoxy groups -OCH3 is 1. The lowest BCUT2D eigenvalue weighted by Gasteiger charge is -2.02. The number of aliphatic imine (C=N–C) groups is 1. The lowest BCUT2D eigenvalue weighted by molar-refractivity contribution is 0.414. The highest BCUT2D eigenvalue weighted by atomic mass is 16.5. The highest BCUT2D eigenvalue weighted by Gasteiger charge is 1.97. The molecule has 0 bridgehead atoms. The van der Waals surface area contributed by atoms with E-state index in [-0.39, 0.29) is 0 Å². The number of nitrogens with zero attached hydrogens (tertiary/aromatic N) is 1. The minimum Gasteiger partial charge on any atom is -0.497 e. The van der Waals surface area contributed by atoms with E-state index >= 15 is 0 Å². The van der Waals surface area contributed by atoms with Gasteiger partial charge in [0.15, 0.2) is 0 Å². The fourth-order valence-corrected chi connectivity index (χ4v) is 1.11. The summed E-state index contributed by atoms with van der Waals surface area (Å²) in [6.07, 6.45) is 3.69. The molecule has 0 radical (unpaired) electrons. The van der Waals surface area contributed by atoms with Gasteiger partial charge in [0.2, 0.25) is 0 Å². The molecule has 74 valence electrons. The van der Waals surface area contributed by atoms with Crippen LogP contribution >= 0.6 is 0 Å². The molecule has 0 atom stereocenters. The SMILES string of the molecule is C/C=C/N=C(C)c1cccc(OC)c1. The van der Waals surface area contributed by atoms with E-state index in [9.17, 15) is 0 Å². The van der Waals surface area contributed by atoms with Crippen LogP contribution in [0.25, 0.3) is 0 Å². The molecule has 1 aromatic carbocycles. The maximum atomic E-state index is 5.14. The van der Waals surface area contributed by atoms with Gasteiger partial charge in [-0.2, -0.15) is 0 Å². The molecule has 0 unspecified atom stereocenters. The van der Waals surface area contributed by atoms with Crippen molar-refractivity contribution in [1.82, 2.24) is 0 Å². The van der Waals surface area contributed by atoms with Crippen LogP contribution in [0, 0.1) is 0 Å². The summed E-state index contributed by atoms with van der Waals surface area (Å²) < 4.78 is 5.14. The van der Waals surface area contributed by atoms with Gasteiger partial charge in [0.05, 0.1) is 7.11 Å². The molecule has 0 heterocycles. The lowest BCUT2D eigenvalue weighted by Crippen LogP contribution is -1.94. The predicted molar refractivity (Wildman–Crippen MR) is 60.0 cm³/mol. The number of hydrogen-bond donors (Lipinski definition) is 0. The zero-order chi connectivity index (χ0) is 10.4. The average molecular weight is 189 g/mol. The Balaban J connectivity index is 2.95. The quantitative estimate of drug-likeness (QED) is 0.670. The van der Waals surface area contributed by atoms with Gasteiger partial charge in [-0.3, -0.25) is 4.99 Å². The highest BCUT2D eigenvalue weighted by molar-refractivity contribution is 5.99. The van der Waals surface area contributed by atoms with E-state index in [1.54, 1.807) is 13.3 Å². The monoisotopic (exact) mass is 189 g/mol. The summed E-state index contributed by atoms with van der Waals surface area (Å²) in [4.78, 5) is 4.27. The Morgan fingerprint density at radius 2 is 2.21 bits per heavy atom. The zero-order valence-electron chi connectivity index (χ0n) is 8.82. The molecular formula is C12H15NO. The van der Waals surface area contributed by atoms with Crippen molar-refractivity contribution in [3.63, 3.8) is 0 Å². The standard InChI is InChI=1S/C12H15NO/c1-4-8-13-10(2)11-6-5-7-12(9-11)14-3/h4-9H,1-3H3/b8-4+,13-10?. The van der Waals surface area contributed by atoms with Crippen molar-refractivity contribution in [2.24, 2.45) is 4.99 Å². The van der Waals surface area contributed by atoms with E-state index in [1.165, 1.54) is 0 Å². The summed E-state index contributed by atoms with van der Waals surface area (Å²) in [7, 11) is 1.66. The van der Waals surface area contributed by atoms with E-state index in [0.717, 1.165) is 17.0 Å². The molecule has 0 aliphatic rings. The highest BCUT2D eigenvalue weighted by Crippen LogP contribution is 2.13. The molecule has 0 N–H and O–H groups in total. The number of hydrogen-bond acceptors (Lipinski definition) is 2. The zero-order valence-corrected chi connectivity index (χ0v) is 8.82. The third-order valence-corrected chi connectivity index (χ3v) is 1.90. The summed E-state index contributed by atoms with van der Waals surface area (Å²) in [5.74, 6) is 0.859. The van der Waals surface area contributed by atoms with E-state index in [1.807, 2.05) is 44.2 Å². The fourth-order valence-electron chi connectivity index (χ4n) is 1.11. The first-order valence-corrected chi connectivity index (χ1v) is 4.58. The maximum Gasteiger partial charge on any atom is 0.119 e. The first-order valence-electron chi connectivity index (χ1n) is 4.58. The van der Waals surface area contributed by atoms with E-state index in [4.69, 9.17) is 4.74 Å². The molecule has 0 spiro atoms. The van der Waals surface area contributed by atoms with Gasteiger partial charge < -0.3 is 4.74 Å². The van der Waals surface area contributed by atoms with Crippen LogP contribution in [0.4, 0.5) is 0 Å². The van der Waals surface area contributed by atoms with E-state index < -0.39 is 0 Å². The molecule has 1 aromatic rings. The van der Waals surface area contributed by atoms with Crippen molar-refractivity contribution < 1.29 is 4.74 Å². The summed E-state index contributed by atoms with van der Waals surface area (Å²) in [5, 5.41) is 0. The van der Waals surface area contributed by atoms with Gasteiger partial charge in [-0.25, -0.2) is 0 Å². The number of ether oxygens (including phenoxy) is 1. The van der Waals surface area contributed by atoms with Crippen LogP contribution in [-0.4, -0.2) is 12.8 Å². The molecule has 0 fully saturated rings. The summed E-state index contributed by atoms with van der Waals surface area (Å²) in [5.41, 5.74) is 2.07. The minimum absolute atomic E-state index is 0.859. The van der Waals surface area contributed by atoms with Gasteiger partial charge in [0.25, 0.3) is 0 Å². The molecule has 1 rings (SSSR count). The second-order valence-corrected chi connectivity index (χ2v) is 2.93. The molecular weight excluding hydrogens is 174 g/mol. The van der Waals surface area contributed by atoms with E-state index in [2.05, 4.69) is 4.99 Å². The molecule has 0 aliphatic carbocycles. The van der Waals surface area contributed by atoms with Crippen molar-refractivity contribution in [1.29, 1.82) is 0 Å². The Morgan fingerprint density at radius 3 is 2.86 bits per heavy atom. The average Bonchev–Trinajstić information content (AvgIpc) is 2.26. The van der Waals surface area contributed by atoms with Crippen LogP contribution < -0.4 is 4.74 Å². The van der Waals surface area contributed by atoms with Crippen LogP contribution in [0.3, 0.4) is 0 Å². The molecule has 0 aliphatic heterocycles. The van der Waals surface area contributed by atoms with Gasteiger partial charge >= 0.3 is 0 Å². The minimum atomic E-state index is 0.859. The summed E-state index contributed by atoms with van der Waals surface area (Å²) in [6.45, 7) is 3.93. The van der Waals surface area contributed by atoms with E-state index in [0.29, 0.717) is 0 Å². The topological polar surface area (TPSA) is 21.6 Å². The first kappa shape index (κ1) is 10.5. The third-order valence-electron chi connectivity index (χ3n) is 1.90. The van der Waals surface area contributed by atoms with Gasteiger partial charge in [-0.15, -0.1) is 0 Å². The molecule has 0 aromatic heterocycles. The Morgan fingerprint density at radius 1 is 1.43 bits per heavy atom. The second kappa shape index (κ2) is 5.22. The largest absolute Gasteiger partial charge is 0.497 e. The Bertz CT molecular complexity index is 353. The van der Waals surface area contributed by atoms with Gasteiger partial charge in [0, 0.05) is 11.9 Å². The molecule has 0 amide bonds.